The van der Waals surface area contributed by atoms with Gasteiger partial charge in [0.05, 0.1) is 5.56 Å². The van der Waals surface area contributed by atoms with Crippen molar-refractivity contribution in [1.82, 2.24) is 10.3 Å². The summed E-state index contributed by atoms with van der Waals surface area (Å²) in [5.41, 5.74) is 1.65. The molecule has 1 rings (SSSR count). The fourth-order valence-electron chi connectivity index (χ4n) is 1.11. The molecule has 0 saturated carbocycles. The van der Waals surface area contributed by atoms with Gasteiger partial charge in [0.25, 0.3) is 5.91 Å². The molecule has 0 spiro atoms. The molecule has 13 heavy (non-hydrogen) atoms. The Bertz CT molecular complexity index is 279. The first-order valence-electron chi connectivity index (χ1n) is 4.45. The highest BCUT2D eigenvalue weighted by atomic mass is 16.1. The van der Waals surface area contributed by atoms with E-state index in [1.165, 1.54) is 0 Å². The standard InChI is InChI=1S/C10H14N2O/c1-3-4-9-6-5-8(7-12-9)10(13)11-2/h5-7H,3-4H2,1-2H3,(H,11,13). The lowest BCUT2D eigenvalue weighted by Crippen LogP contribution is -2.17. The summed E-state index contributed by atoms with van der Waals surface area (Å²) in [6, 6.07) is 3.70. The smallest absolute Gasteiger partial charge is 0.252 e. The first-order chi connectivity index (χ1) is 6.27. The van der Waals surface area contributed by atoms with E-state index in [1.807, 2.05) is 6.07 Å². The zero-order valence-electron chi connectivity index (χ0n) is 8.00. The molecule has 0 unspecified atom stereocenters. The van der Waals surface area contributed by atoms with Gasteiger partial charge >= 0.3 is 0 Å². The van der Waals surface area contributed by atoms with Crippen LogP contribution in [0.15, 0.2) is 18.3 Å². The van der Waals surface area contributed by atoms with Gasteiger partial charge in [-0.05, 0) is 18.6 Å². The summed E-state index contributed by atoms with van der Waals surface area (Å²) in [7, 11) is 1.61. The molecule has 0 atom stereocenters. The van der Waals surface area contributed by atoms with Gasteiger partial charge in [-0.2, -0.15) is 0 Å². The fraction of sp³-hybridized carbons (Fsp3) is 0.400. The Balaban J connectivity index is 2.75. The van der Waals surface area contributed by atoms with Crippen molar-refractivity contribution in [3.63, 3.8) is 0 Å². The molecule has 0 saturated heterocycles. The van der Waals surface area contributed by atoms with Crippen LogP contribution in [0.2, 0.25) is 0 Å². The van der Waals surface area contributed by atoms with Crippen LogP contribution in [0, 0.1) is 0 Å². The van der Waals surface area contributed by atoms with Crippen LogP contribution in [-0.4, -0.2) is 17.9 Å². The van der Waals surface area contributed by atoms with Gasteiger partial charge in [-0.1, -0.05) is 13.3 Å². The number of hydrogen-bond donors (Lipinski definition) is 1. The Morgan fingerprint density at radius 1 is 1.54 bits per heavy atom. The van der Waals surface area contributed by atoms with E-state index in [2.05, 4.69) is 17.2 Å². The summed E-state index contributed by atoms with van der Waals surface area (Å²) in [4.78, 5) is 15.3. The molecule has 1 aromatic heterocycles. The van der Waals surface area contributed by atoms with E-state index >= 15 is 0 Å². The molecule has 3 nitrogen and oxygen atoms in total. The normalized spacial score (nSPS) is 9.69. The first kappa shape index (κ1) is 9.71. The Morgan fingerprint density at radius 2 is 2.31 bits per heavy atom. The van der Waals surface area contributed by atoms with Crippen LogP contribution in [0.5, 0.6) is 0 Å². The third kappa shape index (κ3) is 2.54. The summed E-state index contributed by atoms with van der Waals surface area (Å²) in [6.45, 7) is 2.11. The predicted molar refractivity (Wildman–Crippen MR) is 51.6 cm³/mol. The van der Waals surface area contributed by atoms with Gasteiger partial charge < -0.3 is 5.32 Å². The largest absolute Gasteiger partial charge is 0.355 e. The number of rotatable bonds is 3. The molecule has 1 N–H and O–H groups in total. The molecule has 0 aliphatic heterocycles. The van der Waals surface area contributed by atoms with Crippen molar-refractivity contribution in [2.45, 2.75) is 19.8 Å². The first-order valence-corrected chi connectivity index (χ1v) is 4.45. The summed E-state index contributed by atoms with van der Waals surface area (Å²) in [6.07, 6.45) is 3.66. The highest BCUT2D eigenvalue weighted by Crippen LogP contribution is 2.02. The molecule has 3 heteroatoms. The quantitative estimate of drug-likeness (QED) is 0.760. The third-order valence-electron chi connectivity index (χ3n) is 1.82. The van der Waals surface area contributed by atoms with Crippen molar-refractivity contribution in [3.8, 4) is 0 Å². The van der Waals surface area contributed by atoms with Gasteiger partial charge in [0.15, 0.2) is 0 Å². The zero-order valence-corrected chi connectivity index (χ0v) is 8.00. The lowest BCUT2D eigenvalue weighted by molar-refractivity contribution is 0.0962. The second-order valence-corrected chi connectivity index (χ2v) is 2.87. The maximum absolute atomic E-state index is 11.1. The number of aromatic nitrogens is 1. The van der Waals surface area contributed by atoms with Crippen molar-refractivity contribution >= 4 is 5.91 Å². The lowest BCUT2D eigenvalue weighted by Gasteiger charge is -2.00. The minimum atomic E-state index is -0.0875. The average molecular weight is 178 g/mol. The summed E-state index contributed by atoms with van der Waals surface area (Å²) in [5, 5.41) is 2.55. The number of hydrogen-bond acceptors (Lipinski definition) is 2. The van der Waals surface area contributed by atoms with Gasteiger partial charge in [0.2, 0.25) is 0 Å². The van der Waals surface area contributed by atoms with E-state index in [4.69, 9.17) is 0 Å². The number of nitrogens with zero attached hydrogens (tertiary/aromatic N) is 1. The van der Waals surface area contributed by atoms with Crippen LogP contribution < -0.4 is 5.32 Å². The molecule has 0 fully saturated rings. The Kier molecular flexibility index (Phi) is 3.43. The number of pyridine rings is 1. The van der Waals surface area contributed by atoms with E-state index in [-0.39, 0.29) is 5.91 Å². The molecule has 0 bridgehead atoms. The van der Waals surface area contributed by atoms with E-state index in [0.717, 1.165) is 18.5 Å². The van der Waals surface area contributed by atoms with Crippen molar-refractivity contribution in [3.05, 3.63) is 29.6 Å². The lowest BCUT2D eigenvalue weighted by atomic mass is 10.2. The Hall–Kier alpha value is -1.38. The number of amides is 1. The number of carbonyl (C=O) groups is 1. The van der Waals surface area contributed by atoms with E-state index in [0.29, 0.717) is 5.56 Å². The number of aryl methyl sites for hydroxylation is 1. The molecule has 0 aliphatic rings. The van der Waals surface area contributed by atoms with Gasteiger partial charge in [0.1, 0.15) is 0 Å². The minimum Gasteiger partial charge on any atom is -0.355 e. The average Bonchev–Trinajstić information content (AvgIpc) is 2.18. The molecule has 1 amide bonds. The van der Waals surface area contributed by atoms with Crippen LogP contribution >= 0.6 is 0 Å². The Labute approximate surface area is 78.2 Å². The third-order valence-corrected chi connectivity index (χ3v) is 1.82. The highest BCUT2D eigenvalue weighted by molar-refractivity contribution is 5.93. The van der Waals surface area contributed by atoms with Gasteiger partial charge in [-0.25, -0.2) is 0 Å². The van der Waals surface area contributed by atoms with E-state index in [9.17, 15) is 4.79 Å². The van der Waals surface area contributed by atoms with Crippen molar-refractivity contribution < 1.29 is 4.79 Å². The van der Waals surface area contributed by atoms with Crippen molar-refractivity contribution in [1.29, 1.82) is 0 Å². The topological polar surface area (TPSA) is 42.0 Å². The van der Waals surface area contributed by atoms with Crippen LogP contribution in [0.3, 0.4) is 0 Å². The summed E-state index contributed by atoms with van der Waals surface area (Å²) in [5.74, 6) is -0.0875. The van der Waals surface area contributed by atoms with Crippen molar-refractivity contribution in [2.24, 2.45) is 0 Å². The molecular weight excluding hydrogens is 164 g/mol. The summed E-state index contributed by atoms with van der Waals surface area (Å²) < 4.78 is 0. The molecule has 1 aromatic rings. The highest BCUT2D eigenvalue weighted by Gasteiger charge is 2.02. The molecule has 0 radical (unpaired) electrons. The summed E-state index contributed by atoms with van der Waals surface area (Å²) >= 11 is 0. The number of nitrogens with one attached hydrogen (secondary N) is 1. The van der Waals surface area contributed by atoms with Crippen LogP contribution in [0.4, 0.5) is 0 Å². The molecule has 70 valence electrons. The van der Waals surface area contributed by atoms with Gasteiger partial charge in [0, 0.05) is 18.9 Å². The fourth-order valence-corrected chi connectivity index (χ4v) is 1.11. The van der Waals surface area contributed by atoms with E-state index in [1.54, 1.807) is 19.3 Å². The number of carbonyl (C=O) groups excluding carboxylic acids is 1. The maximum Gasteiger partial charge on any atom is 0.252 e. The van der Waals surface area contributed by atoms with Crippen molar-refractivity contribution in [2.75, 3.05) is 7.05 Å². The van der Waals surface area contributed by atoms with Crippen LogP contribution in [0.1, 0.15) is 29.4 Å². The molecule has 0 aliphatic carbocycles. The van der Waals surface area contributed by atoms with Gasteiger partial charge in [-0.3, -0.25) is 9.78 Å². The van der Waals surface area contributed by atoms with E-state index < -0.39 is 0 Å². The maximum atomic E-state index is 11.1. The molecular formula is C10H14N2O. The zero-order chi connectivity index (χ0) is 9.68. The van der Waals surface area contributed by atoms with Crippen LogP contribution in [0.25, 0.3) is 0 Å². The Morgan fingerprint density at radius 3 is 2.77 bits per heavy atom. The predicted octanol–water partition coefficient (Wildman–Crippen LogP) is 1.39. The van der Waals surface area contributed by atoms with Gasteiger partial charge in [-0.15, -0.1) is 0 Å². The second-order valence-electron chi connectivity index (χ2n) is 2.87. The molecule has 1 heterocycles. The SMILES string of the molecule is CCCc1ccc(C(=O)NC)cn1. The second kappa shape index (κ2) is 4.60. The monoisotopic (exact) mass is 178 g/mol. The van der Waals surface area contributed by atoms with Crippen LogP contribution in [-0.2, 0) is 6.42 Å². The molecule has 0 aromatic carbocycles. The minimum absolute atomic E-state index is 0.0875.